The molecule has 136 valence electrons. The zero-order valence-corrected chi connectivity index (χ0v) is 15.2. The molecule has 0 spiro atoms. The Hall–Kier alpha value is -2.84. The second-order valence-corrected chi connectivity index (χ2v) is 7.18. The van der Waals surface area contributed by atoms with E-state index in [4.69, 9.17) is 9.47 Å². The van der Waals surface area contributed by atoms with Gasteiger partial charge in [-0.2, -0.15) is 0 Å². The first-order chi connectivity index (χ1) is 12.5. The van der Waals surface area contributed by atoms with E-state index in [0.29, 0.717) is 22.7 Å². The van der Waals surface area contributed by atoms with Crippen LogP contribution in [0.4, 0.5) is 0 Å². The zero-order chi connectivity index (χ0) is 18.6. The van der Waals surface area contributed by atoms with Crippen molar-refractivity contribution >= 4 is 10.0 Å². The SMILES string of the molecule is COc1ccc(CNS(=O)(=O)c2ccccc2-n2ccnc2)c(OC)c1. The highest BCUT2D eigenvalue weighted by Crippen LogP contribution is 2.25. The van der Waals surface area contributed by atoms with Crippen molar-refractivity contribution in [2.24, 2.45) is 0 Å². The third kappa shape index (κ3) is 3.71. The Kier molecular flexibility index (Phi) is 5.24. The van der Waals surface area contributed by atoms with Crippen molar-refractivity contribution in [3.8, 4) is 17.2 Å². The van der Waals surface area contributed by atoms with Crippen LogP contribution in [-0.2, 0) is 16.6 Å². The second kappa shape index (κ2) is 7.59. The van der Waals surface area contributed by atoms with Gasteiger partial charge in [-0.15, -0.1) is 0 Å². The van der Waals surface area contributed by atoms with Gasteiger partial charge in [0.25, 0.3) is 0 Å². The molecule has 3 aromatic rings. The third-order valence-electron chi connectivity index (χ3n) is 3.88. The average molecular weight is 373 g/mol. The molecule has 7 nitrogen and oxygen atoms in total. The Balaban J connectivity index is 1.87. The molecular weight excluding hydrogens is 354 g/mol. The summed E-state index contributed by atoms with van der Waals surface area (Å²) in [7, 11) is -0.653. The number of nitrogens with one attached hydrogen (secondary N) is 1. The lowest BCUT2D eigenvalue weighted by Crippen LogP contribution is -2.24. The van der Waals surface area contributed by atoms with E-state index in [-0.39, 0.29) is 11.4 Å². The van der Waals surface area contributed by atoms with E-state index in [1.807, 2.05) is 0 Å². The summed E-state index contributed by atoms with van der Waals surface area (Å²) in [6, 6.07) is 12.0. The molecule has 0 saturated carbocycles. The van der Waals surface area contributed by atoms with Crippen molar-refractivity contribution in [3.05, 3.63) is 66.7 Å². The van der Waals surface area contributed by atoms with Crippen molar-refractivity contribution in [3.63, 3.8) is 0 Å². The molecule has 0 atom stereocenters. The quantitative estimate of drug-likeness (QED) is 0.687. The molecule has 2 aromatic carbocycles. The molecular formula is C18H19N3O4S. The van der Waals surface area contributed by atoms with E-state index in [9.17, 15) is 8.42 Å². The predicted molar refractivity (Wildman–Crippen MR) is 97.1 cm³/mol. The van der Waals surface area contributed by atoms with Crippen LogP contribution in [0.5, 0.6) is 11.5 Å². The first kappa shape index (κ1) is 18.0. The molecule has 0 radical (unpaired) electrons. The Bertz CT molecular complexity index is 985. The van der Waals surface area contributed by atoms with Gasteiger partial charge in [-0.1, -0.05) is 18.2 Å². The van der Waals surface area contributed by atoms with E-state index >= 15 is 0 Å². The number of hydrogen-bond donors (Lipinski definition) is 1. The molecule has 3 rings (SSSR count). The predicted octanol–water partition coefficient (Wildman–Crippen LogP) is 2.37. The zero-order valence-electron chi connectivity index (χ0n) is 14.4. The van der Waals surface area contributed by atoms with Crippen LogP contribution in [0.1, 0.15) is 5.56 Å². The van der Waals surface area contributed by atoms with Crippen molar-refractivity contribution in [1.29, 1.82) is 0 Å². The summed E-state index contributed by atoms with van der Waals surface area (Å²) in [6.45, 7) is 0.0910. The second-order valence-electron chi connectivity index (χ2n) is 5.44. The van der Waals surface area contributed by atoms with E-state index in [1.54, 1.807) is 72.9 Å². The van der Waals surface area contributed by atoms with Crippen LogP contribution < -0.4 is 14.2 Å². The maximum atomic E-state index is 12.8. The fraction of sp³-hybridized carbons (Fsp3) is 0.167. The average Bonchev–Trinajstić information content (AvgIpc) is 3.21. The molecule has 0 aliphatic rings. The van der Waals surface area contributed by atoms with Crippen LogP contribution in [0.25, 0.3) is 5.69 Å². The molecule has 1 heterocycles. The summed E-state index contributed by atoms with van der Waals surface area (Å²) >= 11 is 0. The molecule has 0 bridgehead atoms. The standard InChI is InChI=1S/C18H19N3O4S/c1-24-15-8-7-14(17(11-15)25-2)12-20-26(22,23)18-6-4-3-5-16(18)21-10-9-19-13-21/h3-11,13,20H,12H2,1-2H3. The monoisotopic (exact) mass is 373 g/mol. The number of para-hydroxylation sites is 1. The van der Waals surface area contributed by atoms with Gasteiger partial charge in [-0.25, -0.2) is 18.1 Å². The van der Waals surface area contributed by atoms with Gasteiger partial charge in [0.05, 0.1) is 26.2 Å². The number of rotatable bonds is 7. The minimum Gasteiger partial charge on any atom is -0.497 e. The number of methoxy groups -OCH3 is 2. The van der Waals surface area contributed by atoms with Crippen LogP contribution in [0.2, 0.25) is 0 Å². The molecule has 26 heavy (non-hydrogen) atoms. The lowest BCUT2D eigenvalue weighted by Gasteiger charge is -2.14. The fourth-order valence-corrected chi connectivity index (χ4v) is 3.76. The van der Waals surface area contributed by atoms with Gasteiger partial charge in [0.1, 0.15) is 16.4 Å². The highest BCUT2D eigenvalue weighted by molar-refractivity contribution is 7.89. The number of imidazole rings is 1. The number of aromatic nitrogens is 2. The fourth-order valence-electron chi connectivity index (χ4n) is 2.55. The number of ether oxygens (including phenoxy) is 2. The van der Waals surface area contributed by atoms with Gasteiger partial charge in [0, 0.05) is 30.6 Å². The number of sulfonamides is 1. The van der Waals surface area contributed by atoms with Crippen LogP contribution in [0, 0.1) is 0 Å². The lowest BCUT2D eigenvalue weighted by atomic mass is 10.2. The summed E-state index contributed by atoms with van der Waals surface area (Å²) in [5.41, 5.74) is 1.23. The summed E-state index contributed by atoms with van der Waals surface area (Å²) in [5.74, 6) is 1.19. The first-order valence-corrected chi connectivity index (χ1v) is 9.31. The number of nitrogens with zero attached hydrogens (tertiary/aromatic N) is 2. The first-order valence-electron chi connectivity index (χ1n) is 7.83. The van der Waals surface area contributed by atoms with Gasteiger partial charge < -0.3 is 14.0 Å². The van der Waals surface area contributed by atoms with E-state index < -0.39 is 10.0 Å². The molecule has 0 fully saturated rings. The van der Waals surface area contributed by atoms with Crippen LogP contribution in [-0.4, -0.2) is 32.2 Å². The molecule has 0 aliphatic heterocycles. The normalized spacial score (nSPS) is 11.3. The molecule has 0 aliphatic carbocycles. The Morgan fingerprint density at radius 3 is 2.62 bits per heavy atom. The number of hydrogen-bond acceptors (Lipinski definition) is 5. The maximum absolute atomic E-state index is 12.8. The van der Waals surface area contributed by atoms with E-state index in [2.05, 4.69) is 9.71 Å². The Morgan fingerprint density at radius 2 is 1.92 bits per heavy atom. The van der Waals surface area contributed by atoms with Crippen molar-refractivity contribution in [1.82, 2.24) is 14.3 Å². The smallest absolute Gasteiger partial charge is 0.242 e. The van der Waals surface area contributed by atoms with Gasteiger partial charge in [-0.05, 0) is 18.2 Å². The summed E-state index contributed by atoms with van der Waals surface area (Å²) < 4.78 is 40.4. The van der Waals surface area contributed by atoms with Gasteiger partial charge >= 0.3 is 0 Å². The number of benzene rings is 2. The minimum atomic E-state index is -3.74. The molecule has 0 saturated heterocycles. The summed E-state index contributed by atoms with van der Waals surface area (Å²) in [4.78, 5) is 4.15. The molecule has 0 amide bonds. The van der Waals surface area contributed by atoms with Gasteiger partial charge in [0.15, 0.2) is 0 Å². The molecule has 0 unspecified atom stereocenters. The third-order valence-corrected chi connectivity index (χ3v) is 5.33. The van der Waals surface area contributed by atoms with Crippen LogP contribution >= 0.6 is 0 Å². The minimum absolute atomic E-state index is 0.0910. The highest BCUT2D eigenvalue weighted by Gasteiger charge is 2.19. The van der Waals surface area contributed by atoms with Crippen molar-refractivity contribution in [2.45, 2.75) is 11.4 Å². The Labute approximate surface area is 152 Å². The summed E-state index contributed by atoms with van der Waals surface area (Å²) in [5, 5.41) is 0. The maximum Gasteiger partial charge on any atom is 0.242 e. The Morgan fingerprint density at radius 1 is 1.12 bits per heavy atom. The largest absolute Gasteiger partial charge is 0.497 e. The van der Waals surface area contributed by atoms with Crippen molar-refractivity contribution < 1.29 is 17.9 Å². The lowest BCUT2D eigenvalue weighted by molar-refractivity contribution is 0.390. The summed E-state index contributed by atoms with van der Waals surface area (Å²) in [6.07, 6.45) is 4.85. The van der Waals surface area contributed by atoms with Gasteiger partial charge in [0.2, 0.25) is 10.0 Å². The van der Waals surface area contributed by atoms with E-state index in [1.165, 1.54) is 7.11 Å². The molecule has 1 N–H and O–H groups in total. The van der Waals surface area contributed by atoms with Crippen LogP contribution in [0.15, 0.2) is 66.1 Å². The topological polar surface area (TPSA) is 82.5 Å². The van der Waals surface area contributed by atoms with Crippen LogP contribution in [0.3, 0.4) is 0 Å². The van der Waals surface area contributed by atoms with Crippen molar-refractivity contribution in [2.75, 3.05) is 14.2 Å². The molecule has 1 aromatic heterocycles. The van der Waals surface area contributed by atoms with E-state index in [0.717, 1.165) is 0 Å². The highest BCUT2D eigenvalue weighted by atomic mass is 32.2. The van der Waals surface area contributed by atoms with Gasteiger partial charge in [-0.3, -0.25) is 0 Å². The molecule has 8 heteroatoms.